The molecule has 0 radical (unpaired) electrons. The largest absolute Gasteiger partial charge is 0.394 e. The minimum absolute atomic E-state index is 0.104. The number of aliphatic hydroxyl groups is 2. The van der Waals surface area contributed by atoms with Gasteiger partial charge in [0.25, 0.3) is 0 Å². The number of fused-ring (bicyclic) bond motifs is 2. The summed E-state index contributed by atoms with van der Waals surface area (Å²) >= 11 is 0. The Kier molecular flexibility index (Phi) is 11.1. The predicted octanol–water partition coefficient (Wildman–Crippen LogP) is 3.76. The Morgan fingerprint density at radius 2 is 1.86 bits per heavy atom. The zero-order valence-corrected chi connectivity index (χ0v) is 27.4. The molecular formula is C34H58N4O4. The third-order valence-corrected chi connectivity index (χ3v) is 10.7. The summed E-state index contributed by atoms with van der Waals surface area (Å²) in [5, 5.41) is 26.0. The quantitative estimate of drug-likeness (QED) is 0.306. The molecule has 2 bridgehead atoms. The number of hydrogen-bond acceptors (Lipinski definition) is 7. The number of nitrogens with one attached hydrogen (secondary N) is 1. The second-order valence-electron chi connectivity index (χ2n) is 14.8. The first-order valence-electron chi connectivity index (χ1n) is 16.3. The van der Waals surface area contributed by atoms with Crippen molar-refractivity contribution in [3.8, 4) is 0 Å². The molecule has 8 atom stereocenters. The molecule has 4 fully saturated rings. The van der Waals surface area contributed by atoms with E-state index in [1.165, 1.54) is 12.0 Å². The van der Waals surface area contributed by atoms with Crippen LogP contribution < -0.4 is 5.32 Å². The molecule has 1 aromatic rings. The molecule has 0 unspecified atom stereocenters. The van der Waals surface area contributed by atoms with Crippen LogP contribution in [0.2, 0.25) is 0 Å². The molecule has 238 valence electrons. The molecule has 1 saturated heterocycles. The van der Waals surface area contributed by atoms with Crippen molar-refractivity contribution in [2.45, 2.75) is 98.2 Å². The maximum atomic E-state index is 13.9. The Bertz CT molecular complexity index is 1020. The van der Waals surface area contributed by atoms with Crippen LogP contribution in [0, 0.1) is 35.0 Å². The molecule has 3 aliphatic carbocycles. The summed E-state index contributed by atoms with van der Waals surface area (Å²) in [6.07, 6.45) is 1.99. The van der Waals surface area contributed by atoms with Crippen LogP contribution in [0.25, 0.3) is 0 Å². The highest BCUT2D eigenvalue weighted by Gasteiger charge is 2.57. The molecule has 1 amide bonds. The van der Waals surface area contributed by atoms with Gasteiger partial charge in [0, 0.05) is 31.6 Å². The Morgan fingerprint density at radius 1 is 1.14 bits per heavy atom. The first kappa shape index (κ1) is 33.3. The highest BCUT2D eigenvalue weighted by atomic mass is 16.7. The minimum Gasteiger partial charge on any atom is -0.394 e. The fraction of sp³-hybridized carbons (Fsp3) is 0.794. The monoisotopic (exact) mass is 586 g/mol. The van der Waals surface area contributed by atoms with Crippen molar-refractivity contribution < 1.29 is 19.8 Å². The summed E-state index contributed by atoms with van der Waals surface area (Å²) in [4.78, 5) is 24.9. The third kappa shape index (κ3) is 7.56. The van der Waals surface area contributed by atoms with Gasteiger partial charge in [-0.2, -0.15) is 5.06 Å². The molecular weight excluding hydrogens is 528 g/mol. The average molecular weight is 587 g/mol. The number of aliphatic hydroxyl groups excluding tert-OH is 2. The van der Waals surface area contributed by atoms with E-state index < -0.39 is 24.2 Å². The molecule has 3 saturated carbocycles. The van der Waals surface area contributed by atoms with Gasteiger partial charge in [-0.05, 0) is 87.0 Å². The molecule has 8 heteroatoms. The van der Waals surface area contributed by atoms with E-state index in [4.69, 9.17) is 4.84 Å². The molecule has 0 aromatic heterocycles. The van der Waals surface area contributed by atoms with E-state index in [1.54, 1.807) is 12.0 Å². The molecule has 1 heterocycles. The molecule has 42 heavy (non-hydrogen) atoms. The van der Waals surface area contributed by atoms with E-state index >= 15 is 0 Å². The lowest BCUT2D eigenvalue weighted by Gasteiger charge is -2.62. The minimum atomic E-state index is -0.795. The maximum absolute atomic E-state index is 13.9. The van der Waals surface area contributed by atoms with Crippen molar-refractivity contribution in [3.05, 3.63) is 35.4 Å². The van der Waals surface area contributed by atoms with Gasteiger partial charge < -0.3 is 20.4 Å². The Balaban J connectivity index is 1.48. The van der Waals surface area contributed by atoms with E-state index in [9.17, 15) is 15.0 Å². The van der Waals surface area contributed by atoms with E-state index in [2.05, 4.69) is 88.1 Å². The number of nitrogens with zero attached hydrogens (tertiary/aromatic N) is 3. The van der Waals surface area contributed by atoms with E-state index in [-0.39, 0.29) is 18.6 Å². The van der Waals surface area contributed by atoms with Crippen molar-refractivity contribution in [2.75, 3.05) is 40.3 Å². The SMILES string of the molecule is CC(C)CCN(CCN(C)C)Cc1cccc(CN2O[C@@H](CO)[C@@H]([C@H](C)O)[C@H]2C(=O)N[C@H]2C[C@H]3C[C@@H]([C@@H]2C)C3(C)C)c1. The van der Waals surface area contributed by atoms with Crippen molar-refractivity contribution in [1.29, 1.82) is 0 Å². The lowest BCUT2D eigenvalue weighted by atomic mass is 9.45. The first-order valence-corrected chi connectivity index (χ1v) is 16.3. The summed E-state index contributed by atoms with van der Waals surface area (Å²) in [5.74, 6) is 1.71. The Morgan fingerprint density at radius 3 is 2.45 bits per heavy atom. The molecule has 3 N–H and O–H groups in total. The van der Waals surface area contributed by atoms with Gasteiger partial charge in [0.1, 0.15) is 12.1 Å². The third-order valence-electron chi connectivity index (χ3n) is 10.7. The lowest BCUT2D eigenvalue weighted by molar-refractivity contribution is -0.183. The number of carbonyl (C=O) groups excluding carboxylic acids is 1. The van der Waals surface area contributed by atoms with Crippen LogP contribution in [0.1, 0.15) is 71.9 Å². The van der Waals surface area contributed by atoms with Gasteiger partial charge in [0.05, 0.1) is 19.3 Å². The molecule has 0 spiro atoms. The number of hydroxylamine groups is 2. The second-order valence-corrected chi connectivity index (χ2v) is 14.8. The first-order chi connectivity index (χ1) is 19.8. The van der Waals surface area contributed by atoms with Gasteiger partial charge in [-0.15, -0.1) is 0 Å². The number of amides is 1. The normalized spacial score (nSPS) is 31.5. The molecule has 5 rings (SSSR count). The average Bonchev–Trinajstić information content (AvgIpc) is 3.29. The Labute approximate surface area is 254 Å². The van der Waals surface area contributed by atoms with Crippen LogP contribution in [-0.2, 0) is 22.7 Å². The van der Waals surface area contributed by atoms with Crippen LogP contribution in [-0.4, -0.2) is 95.6 Å². The topological polar surface area (TPSA) is 88.5 Å². The second kappa shape index (κ2) is 14.0. The fourth-order valence-corrected chi connectivity index (χ4v) is 7.80. The summed E-state index contributed by atoms with van der Waals surface area (Å²) in [6.45, 7) is 17.3. The number of hydrogen-bond donors (Lipinski definition) is 3. The number of benzene rings is 1. The van der Waals surface area contributed by atoms with Gasteiger partial charge in [-0.1, -0.05) is 58.9 Å². The molecule has 4 aliphatic rings. The Hall–Kier alpha value is -1.55. The van der Waals surface area contributed by atoms with Crippen molar-refractivity contribution in [3.63, 3.8) is 0 Å². The van der Waals surface area contributed by atoms with Gasteiger partial charge in [-0.25, -0.2) is 0 Å². The van der Waals surface area contributed by atoms with E-state index in [1.807, 2.05) is 0 Å². The maximum Gasteiger partial charge on any atom is 0.240 e. The standard InChI is InChI=1S/C34H58N4O4/c1-22(2)12-13-37(15-14-36(7)8)19-25-10-9-11-26(16-25)20-38-32(31(24(4)40)30(21-39)42-38)33(41)35-29-18-27-17-28(23(29)3)34(27,5)6/h9-11,16,22-24,27-32,39-40H,12-15,17-21H2,1-8H3,(H,35,41)/t23-,24-,27+,28-,29-,30-,31+,32-/m0/s1. The molecule has 1 aliphatic heterocycles. The molecule has 8 nitrogen and oxygen atoms in total. The van der Waals surface area contributed by atoms with Crippen LogP contribution in [0.4, 0.5) is 0 Å². The predicted molar refractivity (Wildman–Crippen MR) is 167 cm³/mol. The smallest absolute Gasteiger partial charge is 0.240 e. The highest BCUT2D eigenvalue weighted by molar-refractivity contribution is 5.82. The van der Waals surface area contributed by atoms with Crippen LogP contribution in [0.15, 0.2) is 24.3 Å². The summed E-state index contributed by atoms with van der Waals surface area (Å²) in [5.41, 5.74) is 2.63. The van der Waals surface area contributed by atoms with E-state index in [0.717, 1.165) is 44.6 Å². The number of carbonyl (C=O) groups is 1. The van der Waals surface area contributed by atoms with Gasteiger partial charge in [0.2, 0.25) is 5.91 Å². The summed E-state index contributed by atoms with van der Waals surface area (Å²) in [7, 11) is 4.23. The zero-order chi connectivity index (χ0) is 30.8. The lowest BCUT2D eigenvalue weighted by Crippen LogP contribution is -2.62. The number of rotatable bonds is 14. The van der Waals surface area contributed by atoms with Crippen molar-refractivity contribution in [2.24, 2.45) is 35.0 Å². The van der Waals surface area contributed by atoms with Crippen LogP contribution >= 0.6 is 0 Å². The van der Waals surface area contributed by atoms with Gasteiger partial charge >= 0.3 is 0 Å². The van der Waals surface area contributed by atoms with Crippen LogP contribution in [0.5, 0.6) is 0 Å². The van der Waals surface area contributed by atoms with Crippen LogP contribution in [0.3, 0.4) is 0 Å². The fourth-order valence-electron chi connectivity index (χ4n) is 7.80. The van der Waals surface area contributed by atoms with Gasteiger partial charge in [-0.3, -0.25) is 14.5 Å². The summed E-state index contributed by atoms with van der Waals surface area (Å²) in [6, 6.07) is 7.98. The van der Waals surface area contributed by atoms with Crippen molar-refractivity contribution >= 4 is 5.91 Å². The molecule has 1 aromatic carbocycles. The highest BCUT2D eigenvalue weighted by Crippen LogP contribution is 2.61. The number of likely N-dealkylation sites (N-methyl/N-ethyl adjacent to an activating group) is 1. The van der Waals surface area contributed by atoms with Gasteiger partial charge in [0.15, 0.2) is 0 Å². The van der Waals surface area contributed by atoms with E-state index in [0.29, 0.717) is 35.6 Å². The summed E-state index contributed by atoms with van der Waals surface area (Å²) < 4.78 is 0. The zero-order valence-electron chi connectivity index (χ0n) is 27.4. The van der Waals surface area contributed by atoms with Crippen molar-refractivity contribution in [1.82, 2.24) is 20.2 Å².